The Labute approximate surface area is 159 Å². The average molecular weight is 386 g/mol. The van der Waals surface area contributed by atoms with E-state index >= 15 is 0 Å². The summed E-state index contributed by atoms with van der Waals surface area (Å²) in [7, 11) is 0. The Bertz CT molecular complexity index is 1130. The predicted molar refractivity (Wildman–Crippen MR) is 102 cm³/mol. The molecule has 2 heterocycles. The maximum Gasteiger partial charge on any atom is 0.416 e. The fourth-order valence-corrected chi connectivity index (χ4v) is 2.95. The maximum atomic E-state index is 13.3. The number of alkyl halides is 3. The highest BCUT2D eigenvalue weighted by molar-refractivity contribution is 5.91. The molecule has 0 aliphatic carbocycles. The van der Waals surface area contributed by atoms with Gasteiger partial charge < -0.3 is 5.32 Å². The van der Waals surface area contributed by atoms with E-state index in [1.54, 1.807) is 18.3 Å². The van der Waals surface area contributed by atoms with Crippen LogP contribution in [0.2, 0.25) is 0 Å². The molecule has 0 saturated heterocycles. The summed E-state index contributed by atoms with van der Waals surface area (Å²) in [6, 6.07) is 6.44. The normalized spacial score (nSPS) is 11.6. The van der Waals surface area contributed by atoms with Crippen LogP contribution in [0, 0.1) is 12.3 Å². The first-order valence-corrected chi connectivity index (χ1v) is 8.50. The number of benzene rings is 1. The van der Waals surface area contributed by atoms with Gasteiger partial charge in [-0.05, 0) is 36.2 Å². The van der Waals surface area contributed by atoms with Gasteiger partial charge in [0.05, 0.1) is 29.0 Å². The van der Waals surface area contributed by atoms with Gasteiger partial charge in [0, 0.05) is 11.6 Å². The standard InChI is InChI=1S/C20H17F3N4O/c1-4-9-25-18-14-8-7-13(20(21,22)23)11-16(14)27(19(28)26-18)15-6-5-10-24-17(15)12(2)3/h1,5-8,10-12H,9H2,2-3H3,(H,25,26,28). The van der Waals surface area contributed by atoms with E-state index in [-0.39, 0.29) is 23.8 Å². The number of hydrogen-bond acceptors (Lipinski definition) is 4. The maximum absolute atomic E-state index is 13.3. The van der Waals surface area contributed by atoms with Gasteiger partial charge in [-0.15, -0.1) is 6.42 Å². The summed E-state index contributed by atoms with van der Waals surface area (Å²) in [4.78, 5) is 21.1. The minimum Gasteiger partial charge on any atom is -0.358 e. The first-order chi connectivity index (χ1) is 13.2. The SMILES string of the molecule is C#CCNc1nc(=O)n(-c2cccnc2C(C)C)c2cc(C(F)(F)F)ccc12. The topological polar surface area (TPSA) is 59.8 Å². The van der Waals surface area contributed by atoms with Crippen molar-refractivity contribution in [3.05, 3.63) is 58.3 Å². The number of nitrogens with one attached hydrogen (secondary N) is 1. The largest absolute Gasteiger partial charge is 0.416 e. The monoisotopic (exact) mass is 386 g/mol. The molecule has 8 heteroatoms. The zero-order chi connectivity index (χ0) is 20.5. The molecule has 1 N–H and O–H groups in total. The van der Waals surface area contributed by atoms with Crippen molar-refractivity contribution in [1.29, 1.82) is 0 Å². The molecule has 0 fully saturated rings. The zero-order valence-electron chi connectivity index (χ0n) is 15.2. The molecule has 0 aliphatic heterocycles. The van der Waals surface area contributed by atoms with Gasteiger partial charge in [-0.2, -0.15) is 18.2 Å². The van der Waals surface area contributed by atoms with Crippen molar-refractivity contribution in [3.63, 3.8) is 0 Å². The van der Waals surface area contributed by atoms with Crippen LogP contribution in [-0.4, -0.2) is 21.1 Å². The molecule has 0 bridgehead atoms. The molecule has 28 heavy (non-hydrogen) atoms. The van der Waals surface area contributed by atoms with E-state index in [4.69, 9.17) is 6.42 Å². The van der Waals surface area contributed by atoms with Gasteiger partial charge in [0.15, 0.2) is 0 Å². The van der Waals surface area contributed by atoms with E-state index in [1.807, 2.05) is 13.8 Å². The molecule has 5 nitrogen and oxygen atoms in total. The summed E-state index contributed by atoms with van der Waals surface area (Å²) in [5.74, 6) is 2.44. The van der Waals surface area contributed by atoms with Crippen LogP contribution in [-0.2, 0) is 6.18 Å². The molecule has 2 aromatic heterocycles. The van der Waals surface area contributed by atoms with Gasteiger partial charge in [0.2, 0.25) is 0 Å². The van der Waals surface area contributed by atoms with Crippen LogP contribution in [0.3, 0.4) is 0 Å². The van der Waals surface area contributed by atoms with Crippen LogP contribution in [0.1, 0.15) is 31.0 Å². The number of terminal acetylenes is 1. The van der Waals surface area contributed by atoms with Crippen LogP contribution < -0.4 is 11.0 Å². The second-order valence-corrected chi connectivity index (χ2v) is 6.43. The van der Waals surface area contributed by atoms with E-state index in [9.17, 15) is 18.0 Å². The van der Waals surface area contributed by atoms with Gasteiger partial charge in [0.25, 0.3) is 0 Å². The van der Waals surface area contributed by atoms with Gasteiger partial charge in [0.1, 0.15) is 5.82 Å². The Morgan fingerprint density at radius 1 is 1.29 bits per heavy atom. The highest BCUT2D eigenvalue weighted by Gasteiger charge is 2.31. The Kier molecular flexibility index (Phi) is 5.10. The minimum absolute atomic E-state index is 0.0526. The highest BCUT2D eigenvalue weighted by atomic mass is 19.4. The third-order valence-corrected chi connectivity index (χ3v) is 4.18. The molecule has 3 aromatic rings. The summed E-state index contributed by atoms with van der Waals surface area (Å²) in [5, 5.41) is 3.14. The number of aromatic nitrogens is 3. The second-order valence-electron chi connectivity index (χ2n) is 6.43. The second kappa shape index (κ2) is 7.35. The predicted octanol–water partition coefficient (Wildman–Crippen LogP) is 3.97. The summed E-state index contributed by atoms with van der Waals surface area (Å²) in [6.07, 6.45) is 2.25. The van der Waals surface area contributed by atoms with Crippen LogP contribution in [0.5, 0.6) is 0 Å². The number of hydrogen-bond donors (Lipinski definition) is 1. The van der Waals surface area contributed by atoms with Crippen molar-refractivity contribution in [2.45, 2.75) is 25.9 Å². The van der Waals surface area contributed by atoms with Gasteiger partial charge in [-0.3, -0.25) is 9.55 Å². The lowest BCUT2D eigenvalue weighted by molar-refractivity contribution is -0.137. The third-order valence-electron chi connectivity index (χ3n) is 4.18. The van der Waals surface area contributed by atoms with Crippen molar-refractivity contribution in [2.24, 2.45) is 0 Å². The molecular formula is C20H17F3N4O. The molecule has 3 rings (SSSR count). The van der Waals surface area contributed by atoms with Crippen LogP contribution in [0.15, 0.2) is 41.3 Å². The average Bonchev–Trinajstić information content (AvgIpc) is 2.65. The molecular weight excluding hydrogens is 369 g/mol. The molecule has 0 saturated carbocycles. The number of nitrogens with zero attached hydrogens (tertiary/aromatic N) is 3. The zero-order valence-corrected chi connectivity index (χ0v) is 15.2. The summed E-state index contributed by atoms with van der Waals surface area (Å²) < 4.78 is 41.1. The lowest BCUT2D eigenvalue weighted by Gasteiger charge is -2.18. The first-order valence-electron chi connectivity index (χ1n) is 8.50. The Morgan fingerprint density at radius 3 is 2.68 bits per heavy atom. The van der Waals surface area contributed by atoms with Crippen LogP contribution in [0.4, 0.5) is 19.0 Å². The Balaban J connectivity index is 2.41. The van der Waals surface area contributed by atoms with E-state index in [1.165, 1.54) is 6.07 Å². The number of halogens is 3. The minimum atomic E-state index is -4.56. The molecule has 144 valence electrons. The highest BCUT2D eigenvalue weighted by Crippen LogP contribution is 2.33. The third kappa shape index (κ3) is 3.56. The molecule has 0 aliphatic rings. The number of anilines is 1. The molecule has 0 atom stereocenters. The molecule has 1 aromatic carbocycles. The van der Waals surface area contributed by atoms with Crippen molar-refractivity contribution in [3.8, 4) is 18.0 Å². The molecule has 0 radical (unpaired) electrons. The molecule has 0 spiro atoms. The van der Waals surface area contributed by atoms with E-state index < -0.39 is 17.4 Å². The quantitative estimate of drug-likeness (QED) is 0.690. The van der Waals surface area contributed by atoms with Crippen LogP contribution >= 0.6 is 0 Å². The number of pyridine rings is 1. The summed E-state index contributed by atoms with van der Waals surface area (Å²) in [6.45, 7) is 3.85. The van der Waals surface area contributed by atoms with E-state index in [2.05, 4.69) is 21.2 Å². The van der Waals surface area contributed by atoms with Crippen molar-refractivity contribution in [2.75, 3.05) is 11.9 Å². The summed E-state index contributed by atoms with van der Waals surface area (Å²) >= 11 is 0. The van der Waals surface area contributed by atoms with E-state index in [0.29, 0.717) is 16.8 Å². The van der Waals surface area contributed by atoms with Crippen molar-refractivity contribution in [1.82, 2.24) is 14.5 Å². The van der Waals surface area contributed by atoms with Gasteiger partial charge in [-0.25, -0.2) is 4.79 Å². The number of rotatable bonds is 4. The molecule has 0 unspecified atom stereocenters. The smallest absolute Gasteiger partial charge is 0.358 e. The summed E-state index contributed by atoms with van der Waals surface area (Å²) in [5.41, 5.74) is -0.542. The van der Waals surface area contributed by atoms with Crippen molar-refractivity contribution >= 4 is 16.7 Å². The fourth-order valence-electron chi connectivity index (χ4n) is 2.95. The fraction of sp³-hybridized carbons (Fsp3) is 0.250. The Morgan fingerprint density at radius 2 is 2.04 bits per heavy atom. The Hall–Kier alpha value is -3.34. The molecule has 0 amide bonds. The lowest BCUT2D eigenvalue weighted by Crippen LogP contribution is -2.25. The first kappa shape index (κ1) is 19.4. The van der Waals surface area contributed by atoms with Gasteiger partial charge >= 0.3 is 11.9 Å². The van der Waals surface area contributed by atoms with E-state index in [0.717, 1.165) is 16.7 Å². The number of fused-ring (bicyclic) bond motifs is 1. The van der Waals surface area contributed by atoms with Crippen LogP contribution in [0.25, 0.3) is 16.6 Å². The van der Waals surface area contributed by atoms with Crippen molar-refractivity contribution < 1.29 is 13.2 Å². The van der Waals surface area contributed by atoms with Gasteiger partial charge in [-0.1, -0.05) is 19.8 Å². The lowest BCUT2D eigenvalue weighted by atomic mass is 10.1.